The quantitative estimate of drug-likeness (QED) is 0.895. The van der Waals surface area contributed by atoms with E-state index in [1.807, 2.05) is 35.2 Å². The van der Waals surface area contributed by atoms with Crippen molar-refractivity contribution in [1.82, 2.24) is 19.9 Å². The van der Waals surface area contributed by atoms with E-state index in [0.29, 0.717) is 11.4 Å². The minimum Gasteiger partial charge on any atom is -0.481 e. The van der Waals surface area contributed by atoms with Crippen molar-refractivity contribution in [3.8, 4) is 11.3 Å². The maximum absolute atomic E-state index is 12.4. The molecular weight excluding hydrogens is 296 g/mol. The Bertz CT molecular complexity index is 705. The number of rotatable bonds is 5. The number of carboxylic acid groups (broad SMARTS) is 1. The molecule has 0 saturated carbocycles. The van der Waals surface area contributed by atoms with Gasteiger partial charge in [0.25, 0.3) is 0 Å². The van der Waals surface area contributed by atoms with Crippen LogP contribution in [0.15, 0.2) is 30.3 Å². The van der Waals surface area contributed by atoms with Gasteiger partial charge in [-0.25, -0.2) is 4.68 Å². The molecule has 0 radical (unpaired) electrons. The highest BCUT2D eigenvalue weighted by Crippen LogP contribution is 2.23. The number of hydrogen-bond donors (Lipinski definition) is 1. The second-order valence-corrected chi connectivity index (χ2v) is 5.57. The number of carbonyl (C=O) groups is 2. The fraction of sp³-hybridized carbons (Fsp3) is 0.375. The Morgan fingerprint density at radius 2 is 1.83 bits per heavy atom. The summed E-state index contributed by atoms with van der Waals surface area (Å²) in [5, 5.41) is 17.0. The summed E-state index contributed by atoms with van der Waals surface area (Å²) in [6.45, 7) is 1.63. The first-order chi connectivity index (χ1) is 11.1. The molecule has 7 nitrogen and oxygen atoms in total. The lowest BCUT2D eigenvalue weighted by molar-refractivity contribution is -0.136. The molecule has 1 amide bonds. The number of nitrogens with zero attached hydrogens (tertiary/aromatic N) is 4. The van der Waals surface area contributed by atoms with Crippen LogP contribution < -0.4 is 0 Å². The van der Waals surface area contributed by atoms with E-state index in [0.717, 1.165) is 31.5 Å². The van der Waals surface area contributed by atoms with Gasteiger partial charge in [-0.05, 0) is 12.8 Å². The molecule has 1 N–H and O–H groups in total. The third-order valence-corrected chi connectivity index (χ3v) is 3.91. The van der Waals surface area contributed by atoms with Crippen LogP contribution in [0.2, 0.25) is 0 Å². The number of benzene rings is 1. The topological polar surface area (TPSA) is 88.3 Å². The van der Waals surface area contributed by atoms with Crippen molar-refractivity contribution in [2.45, 2.75) is 25.8 Å². The lowest BCUT2D eigenvalue weighted by atomic mass is 10.1. The van der Waals surface area contributed by atoms with Gasteiger partial charge in [-0.1, -0.05) is 35.5 Å². The summed E-state index contributed by atoms with van der Waals surface area (Å²) in [5.41, 5.74) is 1.78. The lowest BCUT2D eigenvalue weighted by Crippen LogP contribution is -2.31. The van der Waals surface area contributed by atoms with E-state index in [1.165, 1.54) is 4.68 Å². The first kappa shape index (κ1) is 15.2. The zero-order valence-corrected chi connectivity index (χ0v) is 12.7. The van der Waals surface area contributed by atoms with Gasteiger partial charge >= 0.3 is 5.97 Å². The number of carboxylic acids is 1. The highest BCUT2D eigenvalue weighted by molar-refractivity contribution is 5.78. The Labute approximate surface area is 133 Å². The van der Waals surface area contributed by atoms with E-state index in [1.54, 1.807) is 0 Å². The maximum Gasteiger partial charge on any atom is 0.309 e. The minimum absolute atomic E-state index is 0.00791. The third kappa shape index (κ3) is 3.39. The molecule has 23 heavy (non-hydrogen) atoms. The number of aliphatic carboxylic acids is 1. The number of amides is 1. The van der Waals surface area contributed by atoms with Crippen LogP contribution in [0, 0.1) is 0 Å². The molecule has 1 aliphatic heterocycles. The first-order valence-corrected chi connectivity index (χ1v) is 7.62. The van der Waals surface area contributed by atoms with Crippen molar-refractivity contribution >= 4 is 11.9 Å². The third-order valence-electron chi connectivity index (χ3n) is 3.91. The molecule has 2 heterocycles. The summed E-state index contributed by atoms with van der Waals surface area (Å²) in [5.74, 6) is -0.980. The van der Waals surface area contributed by atoms with E-state index in [-0.39, 0.29) is 18.9 Å². The van der Waals surface area contributed by atoms with Gasteiger partial charge in [0.2, 0.25) is 5.91 Å². The average molecular weight is 314 g/mol. The SMILES string of the molecule is O=C(O)Cc1nnn(CC(=O)N2CCCC2)c1-c1ccccc1. The molecule has 3 rings (SSSR count). The van der Waals surface area contributed by atoms with E-state index >= 15 is 0 Å². The molecular formula is C16H18N4O3. The lowest BCUT2D eigenvalue weighted by Gasteiger charge is -2.16. The van der Waals surface area contributed by atoms with E-state index in [2.05, 4.69) is 10.3 Å². The molecule has 0 spiro atoms. The van der Waals surface area contributed by atoms with Crippen molar-refractivity contribution < 1.29 is 14.7 Å². The van der Waals surface area contributed by atoms with Gasteiger partial charge in [0.05, 0.1) is 12.1 Å². The van der Waals surface area contributed by atoms with Crippen molar-refractivity contribution in [1.29, 1.82) is 0 Å². The molecule has 0 bridgehead atoms. The molecule has 1 aromatic carbocycles. The standard InChI is InChI=1S/C16H18N4O3/c21-14(19-8-4-5-9-19)11-20-16(12-6-2-1-3-7-12)13(17-18-20)10-15(22)23/h1-3,6-7H,4-5,8-11H2,(H,22,23). The normalized spacial score (nSPS) is 14.2. The molecule has 2 aromatic rings. The van der Waals surface area contributed by atoms with Crippen LogP contribution in [0.5, 0.6) is 0 Å². The van der Waals surface area contributed by atoms with Gasteiger partial charge in [-0.2, -0.15) is 0 Å². The summed E-state index contributed by atoms with van der Waals surface area (Å²) < 4.78 is 1.51. The molecule has 1 fully saturated rings. The van der Waals surface area contributed by atoms with E-state index < -0.39 is 5.97 Å². The molecule has 1 aliphatic rings. The Morgan fingerprint density at radius 1 is 1.13 bits per heavy atom. The van der Waals surface area contributed by atoms with Crippen LogP contribution in [0.4, 0.5) is 0 Å². The maximum atomic E-state index is 12.4. The summed E-state index contributed by atoms with van der Waals surface area (Å²) >= 11 is 0. The second kappa shape index (κ2) is 6.60. The van der Waals surface area contributed by atoms with Crippen molar-refractivity contribution in [3.63, 3.8) is 0 Å². The zero-order valence-electron chi connectivity index (χ0n) is 12.7. The molecule has 1 saturated heterocycles. The number of aromatic nitrogens is 3. The molecule has 0 unspecified atom stereocenters. The summed E-state index contributed by atoms with van der Waals surface area (Å²) in [6, 6.07) is 9.32. The predicted octanol–water partition coefficient (Wildman–Crippen LogP) is 1.19. The van der Waals surface area contributed by atoms with Gasteiger partial charge in [-0.15, -0.1) is 5.10 Å². The zero-order chi connectivity index (χ0) is 16.2. The van der Waals surface area contributed by atoms with Crippen LogP contribution in [0.25, 0.3) is 11.3 Å². The van der Waals surface area contributed by atoms with Crippen molar-refractivity contribution in [2.24, 2.45) is 0 Å². The Balaban J connectivity index is 1.91. The highest BCUT2D eigenvalue weighted by atomic mass is 16.4. The molecule has 120 valence electrons. The fourth-order valence-electron chi connectivity index (χ4n) is 2.83. The smallest absolute Gasteiger partial charge is 0.309 e. The molecule has 0 aliphatic carbocycles. The van der Waals surface area contributed by atoms with Gasteiger partial charge in [-0.3, -0.25) is 9.59 Å². The van der Waals surface area contributed by atoms with Crippen molar-refractivity contribution in [2.75, 3.05) is 13.1 Å². The number of hydrogen-bond acceptors (Lipinski definition) is 4. The fourth-order valence-corrected chi connectivity index (χ4v) is 2.83. The second-order valence-electron chi connectivity index (χ2n) is 5.57. The average Bonchev–Trinajstić information content (AvgIpc) is 3.18. The van der Waals surface area contributed by atoms with Gasteiger partial charge in [0.15, 0.2) is 0 Å². The van der Waals surface area contributed by atoms with Crippen LogP contribution in [-0.4, -0.2) is 50.0 Å². The monoisotopic (exact) mass is 314 g/mol. The van der Waals surface area contributed by atoms with Crippen LogP contribution in [0.3, 0.4) is 0 Å². The van der Waals surface area contributed by atoms with Gasteiger partial charge in [0, 0.05) is 18.7 Å². The Kier molecular flexibility index (Phi) is 4.36. The van der Waals surface area contributed by atoms with Gasteiger partial charge in [0.1, 0.15) is 12.2 Å². The Hall–Kier alpha value is -2.70. The summed E-state index contributed by atoms with van der Waals surface area (Å²) in [4.78, 5) is 25.2. The van der Waals surface area contributed by atoms with E-state index in [9.17, 15) is 9.59 Å². The minimum atomic E-state index is -0.972. The largest absolute Gasteiger partial charge is 0.481 e. The predicted molar refractivity (Wildman–Crippen MR) is 82.6 cm³/mol. The summed E-state index contributed by atoms with van der Waals surface area (Å²) in [6.07, 6.45) is 1.83. The number of likely N-dealkylation sites (tertiary alicyclic amines) is 1. The highest BCUT2D eigenvalue weighted by Gasteiger charge is 2.22. The molecule has 7 heteroatoms. The van der Waals surface area contributed by atoms with Crippen LogP contribution >= 0.6 is 0 Å². The molecule has 0 atom stereocenters. The van der Waals surface area contributed by atoms with Crippen LogP contribution in [-0.2, 0) is 22.6 Å². The Morgan fingerprint density at radius 3 is 2.48 bits per heavy atom. The number of carbonyl (C=O) groups excluding carboxylic acids is 1. The summed E-state index contributed by atoms with van der Waals surface area (Å²) in [7, 11) is 0. The first-order valence-electron chi connectivity index (χ1n) is 7.62. The van der Waals surface area contributed by atoms with E-state index in [4.69, 9.17) is 5.11 Å². The van der Waals surface area contributed by atoms with Gasteiger partial charge < -0.3 is 10.0 Å². The van der Waals surface area contributed by atoms with Crippen LogP contribution in [0.1, 0.15) is 18.5 Å². The molecule has 1 aromatic heterocycles. The van der Waals surface area contributed by atoms with Crippen molar-refractivity contribution in [3.05, 3.63) is 36.0 Å².